The van der Waals surface area contributed by atoms with Gasteiger partial charge in [0.05, 0.1) is 5.02 Å². The van der Waals surface area contributed by atoms with Crippen LogP contribution in [0.3, 0.4) is 0 Å². The second-order valence-corrected chi connectivity index (χ2v) is 4.55. The van der Waals surface area contributed by atoms with Gasteiger partial charge in [-0.05, 0) is 34.1 Å². The van der Waals surface area contributed by atoms with E-state index in [9.17, 15) is 4.39 Å². The van der Waals surface area contributed by atoms with E-state index in [2.05, 4.69) is 25.9 Å². The molecule has 0 aliphatic carbocycles. The third kappa shape index (κ3) is 2.19. The zero-order valence-corrected chi connectivity index (χ0v) is 10.8. The molecule has 2 rings (SSSR count). The van der Waals surface area contributed by atoms with Gasteiger partial charge < -0.3 is 0 Å². The zero-order valence-electron chi connectivity index (χ0n) is 7.72. The van der Waals surface area contributed by atoms with E-state index in [1.807, 2.05) is 0 Å². The fourth-order valence-electron chi connectivity index (χ4n) is 1.22. The lowest BCUT2D eigenvalue weighted by atomic mass is 10.1. The quantitative estimate of drug-likeness (QED) is 0.730. The van der Waals surface area contributed by atoms with Gasteiger partial charge in [-0.25, -0.2) is 14.4 Å². The Morgan fingerprint density at radius 3 is 2.62 bits per heavy atom. The molecule has 1 aromatic heterocycles. The molecule has 1 aromatic carbocycles. The molecule has 0 amide bonds. The number of halogens is 4. The Morgan fingerprint density at radius 1 is 1.19 bits per heavy atom. The first-order valence-corrected chi connectivity index (χ1v) is 5.76. The van der Waals surface area contributed by atoms with Gasteiger partial charge >= 0.3 is 0 Å². The van der Waals surface area contributed by atoms with Gasteiger partial charge in [0.2, 0.25) is 0 Å². The zero-order chi connectivity index (χ0) is 11.7. The van der Waals surface area contributed by atoms with Crippen LogP contribution in [-0.4, -0.2) is 9.97 Å². The highest BCUT2D eigenvalue weighted by atomic mass is 79.9. The fourth-order valence-corrected chi connectivity index (χ4v) is 1.99. The molecule has 0 spiro atoms. The number of hydrogen-bond donors (Lipinski definition) is 0. The number of rotatable bonds is 1. The van der Waals surface area contributed by atoms with E-state index in [0.717, 1.165) is 0 Å². The van der Waals surface area contributed by atoms with Crippen LogP contribution in [0.4, 0.5) is 4.39 Å². The van der Waals surface area contributed by atoms with Crippen LogP contribution in [0.25, 0.3) is 11.3 Å². The number of hydrogen-bond acceptors (Lipinski definition) is 2. The average Bonchev–Trinajstić information content (AvgIpc) is 2.23. The van der Waals surface area contributed by atoms with Crippen LogP contribution in [0.5, 0.6) is 0 Å². The molecular formula is C10H4BrCl2FN2. The maximum absolute atomic E-state index is 13.7. The lowest BCUT2D eigenvalue weighted by Crippen LogP contribution is -1.93. The summed E-state index contributed by atoms with van der Waals surface area (Å²) in [5.74, 6) is -0.549. The fraction of sp³-hybridized carbons (Fsp3) is 0. The molecule has 82 valence electrons. The lowest BCUT2D eigenvalue weighted by molar-refractivity contribution is 0.609. The van der Waals surface area contributed by atoms with Crippen LogP contribution in [0, 0.1) is 5.82 Å². The summed E-state index contributed by atoms with van der Waals surface area (Å²) in [4.78, 5) is 7.53. The monoisotopic (exact) mass is 320 g/mol. The molecule has 2 aromatic rings. The van der Waals surface area contributed by atoms with Gasteiger partial charge in [0.1, 0.15) is 16.6 Å². The first-order chi connectivity index (χ1) is 7.59. The molecule has 0 unspecified atom stereocenters. The molecule has 0 atom stereocenters. The number of benzene rings is 1. The molecule has 0 aliphatic heterocycles. The summed E-state index contributed by atoms with van der Waals surface area (Å²) in [5.41, 5.74) is 0.621. The van der Waals surface area contributed by atoms with Crippen LogP contribution in [-0.2, 0) is 0 Å². The Balaban J connectivity index is 2.63. The van der Waals surface area contributed by atoms with Gasteiger partial charge in [-0.2, -0.15) is 0 Å². The standard InChI is InChI=1S/C10H4BrCl2FN2/c11-10-8(14)9(15-4-16-10)6-2-1-5(12)3-7(6)13/h1-4H. The van der Waals surface area contributed by atoms with Gasteiger partial charge in [0.25, 0.3) is 0 Å². The third-order valence-corrected chi connectivity index (χ3v) is 3.03. The summed E-state index contributed by atoms with van der Waals surface area (Å²) in [6, 6.07) is 4.77. The molecule has 2 nitrogen and oxygen atoms in total. The minimum Gasteiger partial charge on any atom is -0.233 e. The first kappa shape index (κ1) is 11.8. The van der Waals surface area contributed by atoms with Crippen molar-refractivity contribution in [3.05, 3.63) is 45.0 Å². The molecule has 0 saturated carbocycles. The number of aromatic nitrogens is 2. The van der Waals surface area contributed by atoms with E-state index >= 15 is 0 Å². The van der Waals surface area contributed by atoms with E-state index in [-0.39, 0.29) is 10.3 Å². The van der Waals surface area contributed by atoms with Gasteiger partial charge in [0, 0.05) is 10.6 Å². The van der Waals surface area contributed by atoms with Crippen molar-refractivity contribution in [2.75, 3.05) is 0 Å². The van der Waals surface area contributed by atoms with Gasteiger partial charge in [-0.3, -0.25) is 0 Å². The molecule has 0 bridgehead atoms. The minimum atomic E-state index is -0.549. The predicted molar refractivity (Wildman–Crippen MR) is 65.1 cm³/mol. The van der Waals surface area contributed by atoms with Crippen molar-refractivity contribution in [1.82, 2.24) is 9.97 Å². The topological polar surface area (TPSA) is 25.8 Å². The van der Waals surface area contributed by atoms with Crippen LogP contribution in [0.2, 0.25) is 10.0 Å². The Kier molecular flexibility index (Phi) is 3.42. The number of nitrogens with zero attached hydrogens (tertiary/aromatic N) is 2. The second-order valence-electron chi connectivity index (χ2n) is 2.95. The SMILES string of the molecule is Fc1c(Br)ncnc1-c1ccc(Cl)cc1Cl. The van der Waals surface area contributed by atoms with Gasteiger partial charge in [-0.1, -0.05) is 23.2 Å². The van der Waals surface area contributed by atoms with Crippen molar-refractivity contribution in [1.29, 1.82) is 0 Å². The summed E-state index contributed by atoms with van der Waals surface area (Å²) in [6.45, 7) is 0. The Labute approximate surface area is 110 Å². The Morgan fingerprint density at radius 2 is 1.94 bits per heavy atom. The normalized spacial score (nSPS) is 10.5. The summed E-state index contributed by atoms with van der Waals surface area (Å²) < 4.78 is 13.8. The van der Waals surface area contributed by atoms with E-state index < -0.39 is 5.82 Å². The van der Waals surface area contributed by atoms with Gasteiger partial charge in [-0.15, -0.1) is 0 Å². The van der Waals surface area contributed by atoms with Crippen molar-refractivity contribution in [2.45, 2.75) is 0 Å². The third-order valence-electron chi connectivity index (χ3n) is 1.93. The van der Waals surface area contributed by atoms with Crippen LogP contribution in [0.15, 0.2) is 29.1 Å². The van der Waals surface area contributed by atoms with E-state index in [4.69, 9.17) is 23.2 Å². The molecule has 0 N–H and O–H groups in total. The average molecular weight is 322 g/mol. The molecule has 0 saturated heterocycles. The lowest BCUT2D eigenvalue weighted by Gasteiger charge is -2.05. The summed E-state index contributed by atoms with van der Waals surface area (Å²) in [7, 11) is 0. The van der Waals surface area contributed by atoms with Crippen molar-refractivity contribution in [3.8, 4) is 11.3 Å². The summed E-state index contributed by atoms with van der Waals surface area (Å²) in [6.07, 6.45) is 1.26. The van der Waals surface area contributed by atoms with Gasteiger partial charge in [0.15, 0.2) is 5.82 Å². The van der Waals surface area contributed by atoms with Crippen molar-refractivity contribution < 1.29 is 4.39 Å². The molecule has 0 aliphatic rings. The molecular weight excluding hydrogens is 318 g/mol. The largest absolute Gasteiger partial charge is 0.233 e. The maximum atomic E-state index is 13.7. The van der Waals surface area contributed by atoms with Crippen LogP contribution < -0.4 is 0 Å². The highest BCUT2D eigenvalue weighted by Gasteiger charge is 2.13. The van der Waals surface area contributed by atoms with E-state index in [0.29, 0.717) is 15.6 Å². The van der Waals surface area contributed by atoms with Crippen molar-refractivity contribution in [2.24, 2.45) is 0 Å². The summed E-state index contributed by atoms with van der Waals surface area (Å²) in [5, 5.41) is 0.833. The van der Waals surface area contributed by atoms with E-state index in [1.54, 1.807) is 12.1 Å². The second kappa shape index (κ2) is 4.65. The van der Waals surface area contributed by atoms with E-state index in [1.165, 1.54) is 12.4 Å². The highest BCUT2D eigenvalue weighted by molar-refractivity contribution is 9.10. The maximum Gasteiger partial charge on any atom is 0.182 e. The molecule has 0 radical (unpaired) electrons. The summed E-state index contributed by atoms with van der Waals surface area (Å²) >= 11 is 14.7. The Hall–Kier alpha value is -0.710. The molecule has 6 heteroatoms. The smallest absolute Gasteiger partial charge is 0.182 e. The van der Waals surface area contributed by atoms with Crippen molar-refractivity contribution in [3.63, 3.8) is 0 Å². The molecule has 0 fully saturated rings. The predicted octanol–water partition coefficient (Wildman–Crippen LogP) is 4.35. The molecule has 16 heavy (non-hydrogen) atoms. The van der Waals surface area contributed by atoms with Crippen LogP contribution in [0.1, 0.15) is 0 Å². The minimum absolute atomic E-state index is 0.100. The van der Waals surface area contributed by atoms with Crippen molar-refractivity contribution >= 4 is 39.1 Å². The Bertz CT molecular complexity index is 548. The first-order valence-electron chi connectivity index (χ1n) is 4.21. The highest BCUT2D eigenvalue weighted by Crippen LogP contribution is 2.31. The molecule has 1 heterocycles. The van der Waals surface area contributed by atoms with Crippen LogP contribution >= 0.6 is 39.1 Å².